The summed E-state index contributed by atoms with van der Waals surface area (Å²) in [5.41, 5.74) is 6.74. The van der Waals surface area contributed by atoms with Crippen LogP contribution in [0.25, 0.3) is 0 Å². The van der Waals surface area contributed by atoms with Gasteiger partial charge in [-0.2, -0.15) is 0 Å². The van der Waals surface area contributed by atoms with Gasteiger partial charge in [-0.3, -0.25) is 0 Å². The van der Waals surface area contributed by atoms with E-state index in [2.05, 4.69) is 15.9 Å². The van der Waals surface area contributed by atoms with Crippen molar-refractivity contribution < 1.29 is 9.13 Å². The predicted octanol–water partition coefficient (Wildman–Crippen LogP) is 3.01. The summed E-state index contributed by atoms with van der Waals surface area (Å²) >= 11 is 3.19. The third-order valence-electron chi connectivity index (χ3n) is 3.02. The summed E-state index contributed by atoms with van der Waals surface area (Å²) in [6.45, 7) is 1.37. The zero-order valence-corrected chi connectivity index (χ0v) is 10.5. The van der Waals surface area contributed by atoms with Crippen LogP contribution < -0.4 is 5.73 Å². The molecule has 1 aromatic carbocycles. The third kappa shape index (κ3) is 2.44. The summed E-state index contributed by atoms with van der Waals surface area (Å²) in [6.07, 6.45) is 2.15. The second-order valence-corrected chi connectivity index (χ2v) is 4.96. The topological polar surface area (TPSA) is 35.2 Å². The molecule has 1 aliphatic heterocycles. The molecule has 16 heavy (non-hydrogen) atoms. The molecule has 2 N–H and O–H groups in total. The Hall–Kier alpha value is -0.450. The largest absolute Gasteiger partial charge is 0.373 e. The molecule has 1 aromatic rings. The molecule has 0 aromatic heterocycles. The van der Waals surface area contributed by atoms with Gasteiger partial charge in [0.15, 0.2) is 0 Å². The van der Waals surface area contributed by atoms with Gasteiger partial charge in [-0.15, -0.1) is 0 Å². The van der Waals surface area contributed by atoms with E-state index in [0.29, 0.717) is 16.9 Å². The Balaban J connectivity index is 2.23. The maximum Gasteiger partial charge on any atom is 0.137 e. The van der Waals surface area contributed by atoms with Gasteiger partial charge in [0, 0.05) is 12.5 Å². The fourth-order valence-electron chi connectivity index (χ4n) is 2.14. The molecule has 0 amide bonds. The van der Waals surface area contributed by atoms with Crippen LogP contribution in [0.2, 0.25) is 0 Å². The van der Waals surface area contributed by atoms with Crippen molar-refractivity contribution in [3.8, 4) is 0 Å². The van der Waals surface area contributed by atoms with E-state index < -0.39 is 0 Å². The monoisotopic (exact) mass is 287 g/mol. The molecule has 1 fully saturated rings. The number of benzene rings is 1. The van der Waals surface area contributed by atoms with Crippen LogP contribution in [0.5, 0.6) is 0 Å². The Labute approximate surface area is 103 Å². The lowest BCUT2D eigenvalue weighted by Crippen LogP contribution is -2.28. The van der Waals surface area contributed by atoms with Crippen molar-refractivity contribution in [3.05, 3.63) is 34.1 Å². The van der Waals surface area contributed by atoms with Crippen LogP contribution in [0.3, 0.4) is 0 Å². The molecule has 0 bridgehead atoms. The van der Waals surface area contributed by atoms with Crippen molar-refractivity contribution in [2.75, 3.05) is 13.2 Å². The number of nitrogens with two attached hydrogens (primary N) is 1. The highest BCUT2D eigenvalue weighted by Gasteiger charge is 2.26. The van der Waals surface area contributed by atoms with Crippen LogP contribution in [-0.4, -0.2) is 13.2 Å². The van der Waals surface area contributed by atoms with Gasteiger partial charge in [-0.1, -0.05) is 6.07 Å². The Bertz CT molecular complexity index is 372. The quantitative estimate of drug-likeness (QED) is 0.908. The van der Waals surface area contributed by atoms with E-state index >= 15 is 0 Å². The third-order valence-corrected chi connectivity index (χ3v) is 3.63. The van der Waals surface area contributed by atoms with Crippen molar-refractivity contribution in [2.24, 2.45) is 11.7 Å². The summed E-state index contributed by atoms with van der Waals surface area (Å²) in [5, 5.41) is 0. The smallest absolute Gasteiger partial charge is 0.137 e. The number of ether oxygens (including phenoxy) is 1. The molecule has 88 valence electrons. The van der Waals surface area contributed by atoms with E-state index in [9.17, 15) is 4.39 Å². The highest BCUT2D eigenvalue weighted by Crippen LogP contribution is 2.34. The van der Waals surface area contributed by atoms with E-state index in [-0.39, 0.29) is 11.9 Å². The van der Waals surface area contributed by atoms with Crippen LogP contribution in [0.15, 0.2) is 22.7 Å². The molecule has 0 radical (unpaired) electrons. The number of hydrogen-bond acceptors (Lipinski definition) is 2. The Kier molecular flexibility index (Phi) is 3.95. The fourth-order valence-corrected chi connectivity index (χ4v) is 2.54. The molecule has 1 heterocycles. The van der Waals surface area contributed by atoms with Gasteiger partial charge in [0.05, 0.1) is 10.6 Å². The molecule has 0 saturated carbocycles. The van der Waals surface area contributed by atoms with Gasteiger partial charge >= 0.3 is 0 Å². The SMILES string of the molecule is NCC1CCCOC1c1ccc(F)c(Br)c1. The van der Waals surface area contributed by atoms with Crippen LogP contribution >= 0.6 is 15.9 Å². The number of halogens is 2. The van der Waals surface area contributed by atoms with E-state index in [0.717, 1.165) is 25.0 Å². The minimum atomic E-state index is -0.246. The maximum atomic E-state index is 13.1. The van der Waals surface area contributed by atoms with Crippen molar-refractivity contribution in [1.82, 2.24) is 0 Å². The Morgan fingerprint density at radius 2 is 2.31 bits per heavy atom. The predicted molar refractivity (Wildman–Crippen MR) is 64.6 cm³/mol. The lowest BCUT2D eigenvalue weighted by Gasteiger charge is -2.31. The zero-order valence-electron chi connectivity index (χ0n) is 8.96. The van der Waals surface area contributed by atoms with Gasteiger partial charge in [-0.05, 0) is 53.0 Å². The molecule has 0 spiro atoms. The molecule has 4 heteroatoms. The number of hydrogen-bond donors (Lipinski definition) is 1. The lowest BCUT2D eigenvalue weighted by molar-refractivity contribution is -0.0252. The second-order valence-electron chi connectivity index (χ2n) is 4.10. The van der Waals surface area contributed by atoms with E-state index in [4.69, 9.17) is 10.5 Å². The summed E-state index contributed by atoms with van der Waals surface area (Å²) in [7, 11) is 0. The summed E-state index contributed by atoms with van der Waals surface area (Å²) in [5.74, 6) is 0.0926. The first kappa shape index (κ1) is 12.0. The van der Waals surface area contributed by atoms with Crippen LogP contribution in [0.1, 0.15) is 24.5 Å². The Morgan fingerprint density at radius 1 is 1.50 bits per heavy atom. The minimum Gasteiger partial charge on any atom is -0.373 e. The molecular formula is C12H15BrFNO. The first-order valence-corrected chi connectivity index (χ1v) is 6.28. The summed E-state index contributed by atoms with van der Waals surface area (Å²) < 4.78 is 19.4. The summed E-state index contributed by atoms with van der Waals surface area (Å²) in [6, 6.07) is 5.03. The second kappa shape index (κ2) is 5.25. The molecular weight excluding hydrogens is 273 g/mol. The molecule has 1 aliphatic rings. The molecule has 2 nitrogen and oxygen atoms in total. The summed E-state index contributed by atoms with van der Waals surface area (Å²) in [4.78, 5) is 0. The average Bonchev–Trinajstić information content (AvgIpc) is 2.32. The van der Waals surface area contributed by atoms with Gasteiger partial charge in [0.1, 0.15) is 5.82 Å². The highest BCUT2D eigenvalue weighted by molar-refractivity contribution is 9.10. The number of rotatable bonds is 2. The van der Waals surface area contributed by atoms with Gasteiger partial charge in [-0.25, -0.2) is 4.39 Å². The van der Waals surface area contributed by atoms with Gasteiger partial charge in [0.25, 0.3) is 0 Å². The van der Waals surface area contributed by atoms with Crippen LogP contribution in [-0.2, 0) is 4.74 Å². The van der Waals surface area contributed by atoms with E-state index in [1.165, 1.54) is 6.07 Å². The van der Waals surface area contributed by atoms with Gasteiger partial charge < -0.3 is 10.5 Å². The van der Waals surface area contributed by atoms with Crippen LogP contribution in [0.4, 0.5) is 4.39 Å². The molecule has 2 atom stereocenters. The average molecular weight is 288 g/mol. The van der Waals surface area contributed by atoms with Crippen molar-refractivity contribution in [1.29, 1.82) is 0 Å². The normalized spacial score (nSPS) is 25.7. The standard InChI is InChI=1S/C12H15BrFNO/c13-10-6-8(3-4-11(10)14)12-9(7-15)2-1-5-16-12/h3-4,6,9,12H,1-2,5,7,15H2. The fraction of sp³-hybridized carbons (Fsp3) is 0.500. The lowest BCUT2D eigenvalue weighted by atomic mass is 9.90. The molecule has 0 aliphatic carbocycles. The zero-order chi connectivity index (χ0) is 11.5. The molecule has 1 saturated heterocycles. The molecule has 2 rings (SSSR count). The molecule has 2 unspecified atom stereocenters. The van der Waals surface area contributed by atoms with Gasteiger partial charge in [0.2, 0.25) is 0 Å². The Morgan fingerprint density at radius 3 is 3.00 bits per heavy atom. The first-order valence-electron chi connectivity index (χ1n) is 5.49. The van der Waals surface area contributed by atoms with Crippen molar-refractivity contribution in [3.63, 3.8) is 0 Å². The maximum absolute atomic E-state index is 13.1. The van der Waals surface area contributed by atoms with Crippen molar-refractivity contribution >= 4 is 15.9 Å². The van der Waals surface area contributed by atoms with Crippen LogP contribution in [0, 0.1) is 11.7 Å². The minimum absolute atomic E-state index is 0.00986. The first-order chi connectivity index (χ1) is 7.72. The van der Waals surface area contributed by atoms with E-state index in [1.807, 2.05) is 0 Å². The highest BCUT2D eigenvalue weighted by atomic mass is 79.9. The van der Waals surface area contributed by atoms with Crippen molar-refractivity contribution in [2.45, 2.75) is 18.9 Å². The van der Waals surface area contributed by atoms with E-state index in [1.54, 1.807) is 12.1 Å².